The molecule has 4 nitrogen and oxygen atoms in total. The summed E-state index contributed by atoms with van der Waals surface area (Å²) < 4.78 is 5.48. The summed E-state index contributed by atoms with van der Waals surface area (Å²) in [6.07, 6.45) is 6.60. The van der Waals surface area contributed by atoms with Crippen LogP contribution in [-0.2, 0) is 4.74 Å². The molecule has 82 valence electrons. The highest BCUT2D eigenvalue weighted by molar-refractivity contribution is 6.30. The van der Waals surface area contributed by atoms with Crippen molar-refractivity contribution in [2.24, 2.45) is 0 Å². The molecule has 0 amide bonds. The molecule has 1 aromatic heterocycles. The summed E-state index contributed by atoms with van der Waals surface area (Å²) in [5.74, 6) is 0.600. The number of halogens is 1. The van der Waals surface area contributed by atoms with Crippen molar-refractivity contribution >= 4 is 17.5 Å². The maximum Gasteiger partial charge on any atom is 0.222 e. The van der Waals surface area contributed by atoms with E-state index in [2.05, 4.69) is 15.3 Å². The maximum atomic E-state index is 5.69. The summed E-state index contributed by atoms with van der Waals surface area (Å²) >= 11 is 5.69. The minimum absolute atomic E-state index is 0.0109. The van der Waals surface area contributed by atoms with Gasteiger partial charge in [0.25, 0.3) is 0 Å². The first-order chi connectivity index (χ1) is 7.24. The molecule has 1 aliphatic rings. The number of hydrogen-bond donors (Lipinski definition) is 1. The molecule has 1 saturated carbocycles. The van der Waals surface area contributed by atoms with Crippen LogP contribution in [0.15, 0.2) is 12.4 Å². The third-order valence-corrected chi connectivity index (χ3v) is 3.08. The van der Waals surface area contributed by atoms with E-state index in [-0.39, 0.29) is 5.60 Å². The summed E-state index contributed by atoms with van der Waals surface area (Å²) in [6.45, 7) is 0.755. The number of methoxy groups -OCH3 is 1. The molecule has 0 saturated heterocycles. The fourth-order valence-corrected chi connectivity index (χ4v) is 1.77. The van der Waals surface area contributed by atoms with E-state index in [1.165, 1.54) is 6.42 Å². The van der Waals surface area contributed by atoms with Crippen molar-refractivity contribution in [3.05, 3.63) is 17.4 Å². The van der Waals surface area contributed by atoms with E-state index >= 15 is 0 Å². The van der Waals surface area contributed by atoms with Crippen LogP contribution in [0.5, 0.6) is 0 Å². The lowest BCUT2D eigenvalue weighted by atomic mass is 9.80. The van der Waals surface area contributed by atoms with Crippen molar-refractivity contribution in [1.29, 1.82) is 0 Å². The van der Waals surface area contributed by atoms with Gasteiger partial charge in [0.1, 0.15) is 0 Å². The smallest absolute Gasteiger partial charge is 0.222 e. The van der Waals surface area contributed by atoms with Crippen LogP contribution in [-0.4, -0.2) is 29.2 Å². The lowest BCUT2D eigenvalue weighted by Crippen LogP contribution is -2.45. The van der Waals surface area contributed by atoms with E-state index in [4.69, 9.17) is 16.3 Å². The minimum atomic E-state index is -0.0109. The van der Waals surface area contributed by atoms with Crippen molar-refractivity contribution in [3.63, 3.8) is 0 Å². The molecule has 1 fully saturated rings. The van der Waals surface area contributed by atoms with E-state index in [0.717, 1.165) is 19.4 Å². The molecule has 0 spiro atoms. The van der Waals surface area contributed by atoms with Crippen LogP contribution in [0, 0.1) is 0 Å². The van der Waals surface area contributed by atoms with Gasteiger partial charge in [0, 0.05) is 13.7 Å². The second kappa shape index (κ2) is 4.33. The molecular weight excluding hydrogens is 214 g/mol. The van der Waals surface area contributed by atoms with Crippen LogP contribution in [0.3, 0.4) is 0 Å². The molecule has 0 bridgehead atoms. The van der Waals surface area contributed by atoms with Crippen molar-refractivity contribution in [2.45, 2.75) is 24.9 Å². The van der Waals surface area contributed by atoms with E-state index in [0.29, 0.717) is 11.0 Å². The minimum Gasteiger partial charge on any atom is -0.376 e. The zero-order chi connectivity index (χ0) is 10.7. The van der Waals surface area contributed by atoms with Crippen molar-refractivity contribution < 1.29 is 4.74 Å². The molecule has 0 atom stereocenters. The Hall–Kier alpha value is -0.870. The van der Waals surface area contributed by atoms with Gasteiger partial charge in [-0.1, -0.05) is 11.6 Å². The molecule has 0 unspecified atom stereocenters. The highest BCUT2D eigenvalue weighted by Crippen LogP contribution is 2.34. The van der Waals surface area contributed by atoms with Crippen molar-refractivity contribution in [1.82, 2.24) is 9.97 Å². The monoisotopic (exact) mass is 227 g/mol. The molecule has 0 aromatic carbocycles. The zero-order valence-electron chi connectivity index (χ0n) is 8.66. The second-order valence-electron chi connectivity index (χ2n) is 3.82. The maximum absolute atomic E-state index is 5.69. The predicted molar refractivity (Wildman–Crippen MR) is 59.1 cm³/mol. The number of ether oxygens (including phenoxy) is 1. The van der Waals surface area contributed by atoms with Gasteiger partial charge in [-0.2, -0.15) is 0 Å². The molecule has 2 rings (SSSR count). The van der Waals surface area contributed by atoms with E-state index in [1.54, 1.807) is 19.5 Å². The van der Waals surface area contributed by atoms with Crippen LogP contribution in [0.4, 0.5) is 5.95 Å². The quantitative estimate of drug-likeness (QED) is 0.856. The highest BCUT2D eigenvalue weighted by Gasteiger charge is 2.36. The molecule has 1 N–H and O–H groups in total. The Morgan fingerprint density at radius 1 is 1.47 bits per heavy atom. The third-order valence-electron chi connectivity index (χ3n) is 2.89. The summed E-state index contributed by atoms with van der Waals surface area (Å²) in [4.78, 5) is 8.13. The first-order valence-corrected chi connectivity index (χ1v) is 5.38. The Morgan fingerprint density at radius 2 is 2.13 bits per heavy atom. The first kappa shape index (κ1) is 10.6. The average molecular weight is 228 g/mol. The number of nitrogens with zero attached hydrogens (tertiary/aromatic N) is 2. The molecular formula is C10H14ClN3O. The standard InChI is InChI=1S/C10H14ClN3O/c1-15-10(3-2-4-10)7-14-9-12-5-8(11)6-13-9/h5-6H,2-4,7H2,1H3,(H,12,13,14). The Morgan fingerprint density at radius 3 is 2.60 bits per heavy atom. The summed E-state index contributed by atoms with van der Waals surface area (Å²) in [5.41, 5.74) is -0.0109. The van der Waals surface area contributed by atoms with Crippen molar-refractivity contribution in [2.75, 3.05) is 19.0 Å². The van der Waals surface area contributed by atoms with Gasteiger partial charge in [-0.15, -0.1) is 0 Å². The fourth-order valence-electron chi connectivity index (χ4n) is 1.67. The van der Waals surface area contributed by atoms with Crippen LogP contribution in [0.25, 0.3) is 0 Å². The summed E-state index contributed by atoms with van der Waals surface area (Å²) in [7, 11) is 1.75. The molecule has 5 heteroatoms. The zero-order valence-corrected chi connectivity index (χ0v) is 9.42. The fraction of sp³-hybridized carbons (Fsp3) is 0.600. The Balaban J connectivity index is 1.90. The average Bonchev–Trinajstić information content (AvgIpc) is 2.20. The molecule has 1 heterocycles. The van der Waals surface area contributed by atoms with Gasteiger partial charge in [0.2, 0.25) is 5.95 Å². The Bertz CT molecular complexity index is 318. The van der Waals surface area contributed by atoms with E-state index < -0.39 is 0 Å². The number of rotatable bonds is 4. The van der Waals surface area contributed by atoms with Gasteiger partial charge in [-0.25, -0.2) is 9.97 Å². The Labute approximate surface area is 94.0 Å². The van der Waals surface area contributed by atoms with Gasteiger partial charge in [0.15, 0.2) is 0 Å². The summed E-state index contributed by atoms with van der Waals surface area (Å²) in [5, 5.41) is 3.71. The number of hydrogen-bond acceptors (Lipinski definition) is 4. The first-order valence-electron chi connectivity index (χ1n) is 5.01. The van der Waals surface area contributed by atoms with Crippen LogP contribution < -0.4 is 5.32 Å². The molecule has 1 aliphatic carbocycles. The van der Waals surface area contributed by atoms with Crippen LogP contribution in [0.2, 0.25) is 5.02 Å². The predicted octanol–water partition coefficient (Wildman–Crippen LogP) is 2.11. The number of aromatic nitrogens is 2. The topological polar surface area (TPSA) is 47.0 Å². The largest absolute Gasteiger partial charge is 0.376 e. The van der Waals surface area contributed by atoms with Gasteiger partial charge < -0.3 is 10.1 Å². The SMILES string of the molecule is COC1(CNc2ncc(Cl)cn2)CCC1. The molecule has 0 radical (unpaired) electrons. The second-order valence-corrected chi connectivity index (χ2v) is 4.26. The lowest BCUT2D eigenvalue weighted by molar-refractivity contribution is -0.0602. The highest BCUT2D eigenvalue weighted by atomic mass is 35.5. The molecule has 0 aliphatic heterocycles. The third kappa shape index (κ3) is 2.38. The Kier molecular flexibility index (Phi) is 3.07. The van der Waals surface area contributed by atoms with Gasteiger partial charge in [-0.3, -0.25) is 0 Å². The normalized spacial score (nSPS) is 18.3. The lowest BCUT2D eigenvalue weighted by Gasteiger charge is -2.40. The van der Waals surface area contributed by atoms with Gasteiger partial charge in [-0.05, 0) is 19.3 Å². The number of anilines is 1. The molecule has 15 heavy (non-hydrogen) atoms. The van der Waals surface area contributed by atoms with E-state index in [9.17, 15) is 0 Å². The van der Waals surface area contributed by atoms with Crippen LogP contribution >= 0.6 is 11.6 Å². The van der Waals surface area contributed by atoms with E-state index in [1.807, 2.05) is 0 Å². The van der Waals surface area contributed by atoms with Gasteiger partial charge >= 0.3 is 0 Å². The van der Waals surface area contributed by atoms with Gasteiger partial charge in [0.05, 0.1) is 23.0 Å². The molecule has 1 aromatic rings. The van der Waals surface area contributed by atoms with Crippen LogP contribution in [0.1, 0.15) is 19.3 Å². The van der Waals surface area contributed by atoms with Crippen molar-refractivity contribution in [3.8, 4) is 0 Å². The summed E-state index contributed by atoms with van der Waals surface area (Å²) in [6, 6.07) is 0. The number of nitrogens with one attached hydrogen (secondary N) is 1.